The van der Waals surface area contributed by atoms with E-state index in [0.29, 0.717) is 17.1 Å². The average molecular weight is 524 g/mol. The third-order valence-corrected chi connectivity index (χ3v) is 6.47. The maximum absolute atomic E-state index is 12.9. The first-order valence-corrected chi connectivity index (χ1v) is 12.1. The molecule has 184 valence electrons. The third-order valence-electron chi connectivity index (χ3n) is 5.23. The van der Waals surface area contributed by atoms with Crippen LogP contribution in [0.2, 0.25) is 5.02 Å². The van der Waals surface area contributed by atoms with Gasteiger partial charge in [-0.05, 0) is 72.3 Å². The van der Waals surface area contributed by atoms with E-state index >= 15 is 0 Å². The van der Waals surface area contributed by atoms with Crippen molar-refractivity contribution in [2.75, 3.05) is 20.3 Å². The molecule has 0 atom stereocenters. The number of hydrogen-bond acceptors (Lipinski definition) is 7. The zero-order valence-electron chi connectivity index (χ0n) is 19.5. The molecule has 0 N–H and O–H groups in total. The minimum Gasteiger partial charge on any atom is -0.493 e. The van der Waals surface area contributed by atoms with Crippen molar-refractivity contribution in [3.63, 3.8) is 0 Å². The van der Waals surface area contributed by atoms with Crippen LogP contribution in [0.5, 0.6) is 17.2 Å². The Bertz CT molecular complexity index is 1360. The summed E-state index contributed by atoms with van der Waals surface area (Å²) in [6.45, 7) is 2.26. The fourth-order valence-electron chi connectivity index (χ4n) is 3.45. The summed E-state index contributed by atoms with van der Waals surface area (Å²) in [6.07, 6.45) is 1.57. The van der Waals surface area contributed by atoms with Crippen molar-refractivity contribution < 1.29 is 28.6 Å². The number of carbonyl (C=O) groups excluding carboxylic acids is 3. The van der Waals surface area contributed by atoms with Crippen LogP contribution < -0.4 is 14.2 Å². The fraction of sp³-hybridized carbons (Fsp3) is 0.148. The van der Waals surface area contributed by atoms with Gasteiger partial charge in [-0.2, -0.15) is 0 Å². The van der Waals surface area contributed by atoms with Crippen molar-refractivity contribution in [2.45, 2.75) is 6.92 Å². The van der Waals surface area contributed by atoms with Gasteiger partial charge in [-0.15, -0.1) is 0 Å². The molecule has 1 aliphatic rings. The highest BCUT2D eigenvalue weighted by atomic mass is 35.5. The molecule has 1 aliphatic heterocycles. The molecule has 1 saturated heterocycles. The van der Waals surface area contributed by atoms with Gasteiger partial charge in [-0.25, -0.2) is 4.79 Å². The van der Waals surface area contributed by atoms with Crippen molar-refractivity contribution in [3.8, 4) is 17.2 Å². The second-order valence-electron chi connectivity index (χ2n) is 7.78. The van der Waals surface area contributed by atoms with Crippen LogP contribution in [0.3, 0.4) is 0 Å². The van der Waals surface area contributed by atoms with Crippen LogP contribution in [0.4, 0.5) is 4.79 Å². The van der Waals surface area contributed by atoms with E-state index in [0.717, 1.165) is 22.2 Å². The van der Waals surface area contributed by atoms with Crippen molar-refractivity contribution in [1.82, 2.24) is 4.90 Å². The quantitative estimate of drug-likeness (QED) is 0.204. The summed E-state index contributed by atoms with van der Waals surface area (Å²) in [5.41, 5.74) is 1.82. The van der Waals surface area contributed by atoms with Gasteiger partial charge in [0.15, 0.2) is 11.5 Å². The monoisotopic (exact) mass is 523 g/mol. The van der Waals surface area contributed by atoms with Crippen LogP contribution >= 0.6 is 23.4 Å². The van der Waals surface area contributed by atoms with Gasteiger partial charge < -0.3 is 14.2 Å². The first-order valence-electron chi connectivity index (χ1n) is 11.0. The Labute approximate surface area is 217 Å². The number of thioether (sulfide) groups is 1. The molecule has 0 aromatic heterocycles. The largest absolute Gasteiger partial charge is 0.493 e. The number of methoxy groups -OCH3 is 1. The van der Waals surface area contributed by atoms with E-state index < -0.39 is 11.9 Å². The van der Waals surface area contributed by atoms with Crippen LogP contribution in [0.1, 0.15) is 21.5 Å². The molecule has 3 aromatic carbocycles. The molecule has 0 aliphatic carbocycles. The van der Waals surface area contributed by atoms with Gasteiger partial charge in [-0.1, -0.05) is 41.9 Å². The highest BCUT2D eigenvalue weighted by Gasteiger charge is 2.34. The molecular formula is C27H22ClNO6S. The standard InChI is InChI=1S/C27H22ClNO6S/c1-17-6-5-7-19(14-17)34-13-12-29-25(30)24(36-27(29)32)16-18-10-11-22(33-2)23(15-18)35-26(31)20-8-3-4-9-21(20)28/h3-11,14-16H,12-13H2,1-2H3/b24-16-. The molecule has 0 unspecified atom stereocenters. The molecule has 0 saturated carbocycles. The molecule has 9 heteroatoms. The summed E-state index contributed by atoms with van der Waals surface area (Å²) in [7, 11) is 1.45. The number of imide groups is 1. The Hall–Kier alpha value is -3.75. The molecule has 4 rings (SSSR count). The molecule has 0 spiro atoms. The number of aryl methyl sites for hydroxylation is 1. The summed E-state index contributed by atoms with van der Waals surface area (Å²) in [6, 6.07) is 18.9. The lowest BCUT2D eigenvalue weighted by Gasteiger charge is -2.13. The van der Waals surface area contributed by atoms with Gasteiger partial charge in [0.2, 0.25) is 0 Å². The zero-order valence-corrected chi connectivity index (χ0v) is 21.1. The first-order chi connectivity index (χ1) is 17.4. The second kappa shape index (κ2) is 11.3. The average Bonchev–Trinajstić information content (AvgIpc) is 3.12. The number of hydrogen-bond donors (Lipinski definition) is 0. The molecule has 0 bridgehead atoms. The number of nitrogens with zero attached hydrogens (tertiary/aromatic N) is 1. The second-order valence-corrected chi connectivity index (χ2v) is 9.18. The van der Waals surface area contributed by atoms with Crippen LogP contribution in [0, 0.1) is 6.92 Å². The third kappa shape index (κ3) is 5.90. The SMILES string of the molecule is COc1ccc(/C=C2\SC(=O)N(CCOc3cccc(C)c3)C2=O)cc1OC(=O)c1ccccc1Cl. The Kier molecular flexibility index (Phi) is 7.97. The Morgan fingerprint density at radius 3 is 2.58 bits per heavy atom. The van der Waals surface area contributed by atoms with Crippen molar-refractivity contribution in [1.29, 1.82) is 0 Å². The molecular weight excluding hydrogens is 502 g/mol. The van der Waals surface area contributed by atoms with Gasteiger partial charge in [0, 0.05) is 0 Å². The predicted molar refractivity (Wildman–Crippen MR) is 139 cm³/mol. The molecule has 3 aromatic rings. The molecule has 2 amide bonds. The molecule has 7 nitrogen and oxygen atoms in total. The highest BCUT2D eigenvalue weighted by molar-refractivity contribution is 8.18. The number of rotatable bonds is 8. The van der Waals surface area contributed by atoms with E-state index in [2.05, 4.69) is 0 Å². The normalized spacial score (nSPS) is 14.3. The van der Waals surface area contributed by atoms with Crippen LogP contribution in [-0.4, -0.2) is 42.3 Å². The summed E-state index contributed by atoms with van der Waals surface area (Å²) >= 11 is 6.94. The lowest BCUT2D eigenvalue weighted by atomic mass is 10.1. The van der Waals surface area contributed by atoms with E-state index in [4.69, 9.17) is 25.8 Å². The highest BCUT2D eigenvalue weighted by Crippen LogP contribution is 2.35. The molecule has 1 fully saturated rings. The first kappa shape index (κ1) is 25.3. The number of carbonyl (C=O) groups is 3. The fourth-order valence-corrected chi connectivity index (χ4v) is 4.53. The lowest BCUT2D eigenvalue weighted by Crippen LogP contribution is -2.32. The summed E-state index contributed by atoms with van der Waals surface area (Å²) < 4.78 is 16.5. The van der Waals surface area contributed by atoms with E-state index in [1.807, 2.05) is 31.2 Å². The van der Waals surface area contributed by atoms with E-state index in [-0.39, 0.29) is 39.6 Å². The van der Waals surface area contributed by atoms with Crippen LogP contribution in [0.15, 0.2) is 71.6 Å². The molecule has 0 radical (unpaired) electrons. The number of esters is 1. The number of benzene rings is 3. The topological polar surface area (TPSA) is 82.1 Å². The molecule has 36 heavy (non-hydrogen) atoms. The maximum atomic E-state index is 12.9. The maximum Gasteiger partial charge on any atom is 0.345 e. The van der Waals surface area contributed by atoms with Gasteiger partial charge >= 0.3 is 5.97 Å². The summed E-state index contributed by atoms with van der Waals surface area (Å²) in [4.78, 5) is 39.3. The number of ether oxygens (including phenoxy) is 3. The smallest absolute Gasteiger partial charge is 0.345 e. The van der Waals surface area contributed by atoms with Crippen molar-refractivity contribution in [2.24, 2.45) is 0 Å². The number of amides is 2. The molecule has 1 heterocycles. The Balaban J connectivity index is 1.47. The van der Waals surface area contributed by atoms with Gasteiger partial charge in [0.1, 0.15) is 12.4 Å². The van der Waals surface area contributed by atoms with Crippen LogP contribution in [-0.2, 0) is 4.79 Å². The summed E-state index contributed by atoms with van der Waals surface area (Å²) in [5.74, 6) is 0.0961. The lowest BCUT2D eigenvalue weighted by molar-refractivity contribution is -0.123. The van der Waals surface area contributed by atoms with E-state index in [1.165, 1.54) is 7.11 Å². The minimum absolute atomic E-state index is 0.124. The van der Waals surface area contributed by atoms with Crippen LogP contribution in [0.25, 0.3) is 6.08 Å². The Morgan fingerprint density at radius 2 is 1.83 bits per heavy atom. The van der Waals surface area contributed by atoms with Gasteiger partial charge in [0.05, 0.1) is 29.1 Å². The minimum atomic E-state index is -0.648. The predicted octanol–water partition coefficient (Wildman–Crippen LogP) is 5.99. The van der Waals surface area contributed by atoms with E-state index in [9.17, 15) is 14.4 Å². The van der Waals surface area contributed by atoms with E-state index in [1.54, 1.807) is 48.5 Å². The zero-order chi connectivity index (χ0) is 25.7. The van der Waals surface area contributed by atoms with Gasteiger partial charge in [-0.3, -0.25) is 14.5 Å². The van der Waals surface area contributed by atoms with Crippen molar-refractivity contribution >= 4 is 46.6 Å². The summed E-state index contributed by atoms with van der Waals surface area (Å²) in [5, 5.41) is -0.115. The van der Waals surface area contributed by atoms with Crippen molar-refractivity contribution in [3.05, 3.63) is 93.3 Å². The Morgan fingerprint density at radius 1 is 1.03 bits per heavy atom. The van der Waals surface area contributed by atoms with Gasteiger partial charge in [0.25, 0.3) is 11.1 Å². The number of halogens is 1.